The maximum absolute atomic E-state index is 5.42. The van der Waals surface area contributed by atoms with Crippen molar-refractivity contribution < 1.29 is 28.1 Å². The van der Waals surface area contributed by atoms with Gasteiger partial charge in [-0.15, -0.1) is 53.6 Å². The topological polar surface area (TPSA) is 9.23 Å². The number of ether oxygens (including phenoxy) is 1. The molecule has 1 unspecified atom stereocenters. The Kier molecular flexibility index (Phi) is 9.65. The fourth-order valence-corrected chi connectivity index (χ4v) is 3.41. The Hall–Kier alpha value is -1.57. The first-order valence-corrected chi connectivity index (χ1v) is 16.5. The molecule has 0 spiro atoms. The number of hydrogen-bond acceptors (Lipinski definition) is 1. The summed E-state index contributed by atoms with van der Waals surface area (Å²) in [5, 5.41) is 2.55. The summed E-state index contributed by atoms with van der Waals surface area (Å²) >= 11 is 1.74. The standard InChI is InChI=1S/C16H13O.C9H13.C2H6Si.Zr/c1-17-16-9-5-4-8-15(16)14-11-10-12-6-2-3-7-13(12)14;1-6-5-7(2)9(4)8(6)3;1-3-2;/h2-11H,1H3;6H,1-4H3;1-2H3;/q2*-1;;+2. The monoisotopic (exact) mass is 490 g/mol. The number of fused-ring (bicyclic) bond motifs is 1. The maximum atomic E-state index is 5.42. The SMILES string of the molecule is CC1=[C-]C(C)C(C)=C1C.COc1ccccc1-c1c[cH-]c2ccccc12.C[Si](C)=[Zr+2]. The van der Waals surface area contributed by atoms with Gasteiger partial charge in [0.25, 0.3) is 0 Å². The van der Waals surface area contributed by atoms with E-state index in [1.807, 2.05) is 18.2 Å². The Morgan fingerprint density at radius 1 is 0.967 bits per heavy atom. The molecule has 0 radical (unpaired) electrons. The van der Waals surface area contributed by atoms with E-state index in [-0.39, 0.29) is 5.43 Å². The van der Waals surface area contributed by atoms with E-state index in [1.165, 1.54) is 33.1 Å². The zero-order valence-corrected chi connectivity index (χ0v) is 22.7. The van der Waals surface area contributed by atoms with Gasteiger partial charge in [-0.05, 0) is 11.6 Å². The molecule has 3 aromatic carbocycles. The van der Waals surface area contributed by atoms with Crippen molar-refractivity contribution in [2.24, 2.45) is 5.92 Å². The molecule has 0 bridgehead atoms. The van der Waals surface area contributed by atoms with E-state index in [4.69, 9.17) is 4.74 Å². The van der Waals surface area contributed by atoms with Gasteiger partial charge in [0.15, 0.2) is 0 Å². The molecule has 3 aromatic rings. The van der Waals surface area contributed by atoms with Crippen molar-refractivity contribution in [3.05, 3.63) is 83.5 Å². The average molecular weight is 492 g/mol. The number of para-hydroxylation sites is 1. The molecule has 0 fully saturated rings. The molecule has 1 atom stereocenters. The Labute approximate surface area is 197 Å². The number of benzene rings is 2. The minimum atomic E-state index is 0.210. The first-order chi connectivity index (χ1) is 14.3. The summed E-state index contributed by atoms with van der Waals surface area (Å²) in [5.74, 6) is 1.48. The Bertz CT molecular complexity index is 1070. The van der Waals surface area contributed by atoms with E-state index >= 15 is 0 Å². The van der Waals surface area contributed by atoms with Crippen LogP contribution in [0.5, 0.6) is 5.75 Å². The van der Waals surface area contributed by atoms with Crippen LogP contribution in [-0.4, -0.2) is 12.5 Å². The van der Waals surface area contributed by atoms with Crippen molar-refractivity contribution in [1.82, 2.24) is 0 Å². The van der Waals surface area contributed by atoms with Crippen molar-refractivity contribution in [3.63, 3.8) is 0 Å². The van der Waals surface area contributed by atoms with Gasteiger partial charge in [-0.2, -0.15) is 11.1 Å². The van der Waals surface area contributed by atoms with Crippen LogP contribution in [0, 0.1) is 12.0 Å². The van der Waals surface area contributed by atoms with Gasteiger partial charge in [0.1, 0.15) is 5.75 Å². The van der Waals surface area contributed by atoms with Crippen LogP contribution >= 0.6 is 0 Å². The molecule has 0 saturated carbocycles. The third-order valence-electron chi connectivity index (χ3n) is 5.31. The Balaban J connectivity index is 0.000000207. The predicted molar refractivity (Wildman–Crippen MR) is 129 cm³/mol. The molecule has 0 aliphatic heterocycles. The summed E-state index contributed by atoms with van der Waals surface area (Å²) in [7, 11) is 1.71. The van der Waals surface area contributed by atoms with Crippen LogP contribution in [0.25, 0.3) is 21.9 Å². The molecule has 0 saturated heterocycles. The summed E-state index contributed by atoms with van der Waals surface area (Å²) in [6.07, 6.45) is 3.36. The summed E-state index contributed by atoms with van der Waals surface area (Å²) in [6.45, 7) is 13.3. The number of methoxy groups -OCH3 is 1. The molecule has 3 heteroatoms. The average Bonchev–Trinajstić information content (AvgIpc) is 3.25. The molecule has 30 heavy (non-hydrogen) atoms. The second-order valence-corrected chi connectivity index (χ2v) is 17.2. The van der Waals surface area contributed by atoms with Gasteiger partial charge in [-0.1, -0.05) is 51.0 Å². The predicted octanol–water partition coefficient (Wildman–Crippen LogP) is 7.74. The van der Waals surface area contributed by atoms with Gasteiger partial charge in [-0.3, -0.25) is 6.08 Å². The fourth-order valence-electron chi connectivity index (χ4n) is 3.41. The van der Waals surface area contributed by atoms with Gasteiger partial charge < -0.3 is 4.74 Å². The van der Waals surface area contributed by atoms with Gasteiger partial charge in [0.2, 0.25) is 0 Å². The zero-order valence-electron chi connectivity index (χ0n) is 19.3. The first kappa shape index (κ1) is 24.7. The van der Waals surface area contributed by atoms with E-state index < -0.39 is 0 Å². The molecule has 1 aliphatic rings. The van der Waals surface area contributed by atoms with E-state index in [2.05, 4.69) is 89.3 Å². The summed E-state index contributed by atoms with van der Waals surface area (Å²) < 4.78 is 5.42. The van der Waals surface area contributed by atoms with Crippen molar-refractivity contribution in [1.29, 1.82) is 0 Å². The van der Waals surface area contributed by atoms with Crippen LogP contribution in [0.4, 0.5) is 0 Å². The summed E-state index contributed by atoms with van der Waals surface area (Å²) in [5.41, 5.74) is 6.84. The number of hydrogen-bond donors (Lipinski definition) is 0. The van der Waals surface area contributed by atoms with Gasteiger partial charge in [0.05, 0.1) is 7.11 Å². The van der Waals surface area contributed by atoms with Crippen LogP contribution in [-0.2, 0) is 23.3 Å². The van der Waals surface area contributed by atoms with Crippen LogP contribution in [0.2, 0.25) is 13.1 Å². The number of allylic oxidation sites excluding steroid dienone is 4. The second kappa shape index (κ2) is 11.7. The second-order valence-electron chi connectivity index (χ2n) is 7.83. The molecule has 1 nitrogen and oxygen atoms in total. The molecule has 0 aromatic heterocycles. The van der Waals surface area contributed by atoms with Gasteiger partial charge in [0, 0.05) is 0 Å². The third kappa shape index (κ3) is 6.46. The van der Waals surface area contributed by atoms with Crippen molar-refractivity contribution in [2.45, 2.75) is 40.8 Å². The van der Waals surface area contributed by atoms with Crippen molar-refractivity contribution in [3.8, 4) is 16.9 Å². The fraction of sp³-hybridized carbons (Fsp3) is 0.296. The molecule has 0 heterocycles. The van der Waals surface area contributed by atoms with Crippen LogP contribution < -0.4 is 4.74 Å². The Morgan fingerprint density at radius 3 is 2.10 bits per heavy atom. The van der Waals surface area contributed by atoms with Crippen LogP contribution in [0.1, 0.15) is 27.7 Å². The van der Waals surface area contributed by atoms with Gasteiger partial charge >= 0.3 is 41.9 Å². The van der Waals surface area contributed by atoms with Crippen molar-refractivity contribution >= 4 is 16.2 Å². The molecule has 0 N–H and O–H groups in total. The van der Waals surface area contributed by atoms with Crippen LogP contribution in [0.15, 0.2) is 77.4 Å². The Morgan fingerprint density at radius 2 is 1.57 bits per heavy atom. The van der Waals surface area contributed by atoms with Crippen LogP contribution in [0.3, 0.4) is 0 Å². The molecular formula is C27H32OSiZr. The normalized spacial score (nSPS) is 15.1. The van der Waals surface area contributed by atoms with E-state index in [0.717, 1.165) is 11.3 Å². The summed E-state index contributed by atoms with van der Waals surface area (Å²) in [4.78, 5) is 0. The van der Waals surface area contributed by atoms with Crippen molar-refractivity contribution in [2.75, 3.05) is 7.11 Å². The molecule has 1 aliphatic carbocycles. The molecule has 4 rings (SSSR count). The third-order valence-corrected chi connectivity index (χ3v) is 5.31. The number of rotatable bonds is 2. The summed E-state index contributed by atoms with van der Waals surface area (Å²) in [6, 6.07) is 20.9. The first-order valence-electron chi connectivity index (χ1n) is 10.3. The van der Waals surface area contributed by atoms with E-state index in [9.17, 15) is 0 Å². The zero-order chi connectivity index (χ0) is 22.3. The quantitative estimate of drug-likeness (QED) is 0.263. The van der Waals surface area contributed by atoms with Gasteiger partial charge in [-0.25, -0.2) is 5.57 Å². The molecule has 154 valence electrons. The van der Waals surface area contributed by atoms with E-state index in [0.29, 0.717) is 5.92 Å². The molecular weight excluding hydrogens is 460 g/mol. The molecule has 0 amide bonds. The van der Waals surface area contributed by atoms with E-state index in [1.54, 1.807) is 30.4 Å². The minimum absolute atomic E-state index is 0.210.